The van der Waals surface area contributed by atoms with E-state index in [4.69, 9.17) is 18.9 Å². The van der Waals surface area contributed by atoms with Crippen LogP contribution in [0.2, 0.25) is 0 Å². The Balaban J connectivity index is 1.86. The van der Waals surface area contributed by atoms with Gasteiger partial charge in [-0.2, -0.15) is 0 Å². The SMILES string of the molecule is CCCCC(CCCC)(OC)c1ccc(P(c2ccc(C(CCCC)(CCCC)OC)cc2)N(C2CCCCC2)P(c2ccc(C(CCCC)(CCCC)OC)cc2)c2ccc(C(CCCC)(CCCC)OC)cc2)cc1. The number of unbranched alkanes of at least 4 members (excludes halogenated alkanes) is 8. The molecule has 0 N–H and O–H groups in total. The number of nitrogens with zero attached hydrogens (tertiary/aromatic N) is 1. The van der Waals surface area contributed by atoms with E-state index in [1.54, 1.807) is 0 Å². The standard InChI is InChI=1S/C70H111NO4P2/c1-13-21-50-67(72-9,51-22-14-2)58-34-42-63(43-35-58)76(64-44-36-59(37-45-64)68(73-10,52-23-15-3)53-24-16-4)71(62-32-30-29-31-33-62)77(65-46-38-60(39-47-65)69(74-11,54-25-17-5)55-26-18-6)66-48-40-61(41-49-66)70(75-12,56-27-19-7)57-28-20-8/h34-49,62H,13-33,50-57H2,1-12H3. The molecule has 0 saturated heterocycles. The maximum absolute atomic E-state index is 6.66. The third kappa shape index (κ3) is 16.8. The molecule has 0 aromatic heterocycles. The van der Waals surface area contributed by atoms with Crippen LogP contribution in [-0.4, -0.2) is 38.9 Å². The number of hydrogen-bond donors (Lipinski definition) is 0. The quantitative estimate of drug-likeness (QED) is 0.0417. The van der Waals surface area contributed by atoms with Crippen molar-refractivity contribution >= 4 is 37.4 Å². The molecular formula is C70H111NO4P2. The molecule has 430 valence electrons. The number of rotatable bonds is 39. The summed E-state index contributed by atoms with van der Waals surface area (Å²) in [5.74, 6) is 0. The second kappa shape index (κ2) is 34.1. The predicted molar refractivity (Wildman–Crippen MR) is 338 cm³/mol. The van der Waals surface area contributed by atoms with E-state index in [0.717, 1.165) is 154 Å². The molecule has 5 rings (SSSR count). The van der Waals surface area contributed by atoms with E-state index in [2.05, 4.69) is 157 Å². The zero-order valence-electron chi connectivity index (χ0n) is 51.3. The van der Waals surface area contributed by atoms with Crippen molar-refractivity contribution in [2.75, 3.05) is 28.4 Å². The van der Waals surface area contributed by atoms with E-state index in [1.165, 1.54) is 75.6 Å². The summed E-state index contributed by atoms with van der Waals surface area (Å²) in [5, 5.41) is 5.68. The van der Waals surface area contributed by atoms with E-state index in [1.807, 2.05) is 28.4 Å². The summed E-state index contributed by atoms with van der Waals surface area (Å²) in [4.78, 5) is 0. The number of methoxy groups -OCH3 is 4. The molecule has 0 heterocycles. The maximum atomic E-state index is 6.66. The highest BCUT2D eigenvalue weighted by Gasteiger charge is 2.41. The van der Waals surface area contributed by atoms with Crippen molar-refractivity contribution in [2.24, 2.45) is 0 Å². The van der Waals surface area contributed by atoms with Gasteiger partial charge in [0.1, 0.15) is 0 Å². The van der Waals surface area contributed by atoms with Gasteiger partial charge in [0.05, 0.1) is 22.4 Å². The van der Waals surface area contributed by atoms with Crippen LogP contribution >= 0.6 is 16.1 Å². The lowest BCUT2D eigenvalue weighted by Crippen LogP contribution is -2.40. The van der Waals surface area contributed by atoms with Crippen LogP contribution in [0.5, 0.6) is 0 Å². The first-order chi connectivity index (χ1) is 37.6. The highest BCUT2D eigenvalue weighted by molar-refractivity contribution is 7.84. The van der Waals surface area contributed by atoms with Crippen LogP contribution in [0.1, 0.15) is 264 Å². The van der Waals surface area contributed by atoms with Gasteiger partial charge in [-0.15, -0.1) is 0 Å². The first-order valence-corrected chi connectivity index (χ1v) is 34.2. The van der Waals surface area contributed by atoms with Gasteiger partial charge in [0.15, 0.2) is 0 Å². The normalized spacial score (nSPS) is 14.2. The Labute approximate surface area is 476 Å². The second-order valence-electron chi connectivity index (χ2n) is 23.0. The molecule has 4 aromatic carbocycles. The fourth-order valence-electron chi connectivity index (χ4n) is 12.8. The van der Waals surface area contributed by atoms with E-state index < -0.39 is 16.1 Å². The molecule has 0 unspecified atom stereocenters. The minimum atomic E-state index is -1.04. The van der Waals surface area contributed by atoms with Crippen LogP contribution in [0.4, 0.5) is 0 Å². The van der Waals surface area contributed by atoms with Gasteiger partial charge in [0, 0.05) is 50.6 Å². The molecule has 4 aromatic rings. The van der Waals surface area contributed by atoms with Crippen LogP contribution in [-0.2, 0) is 41.4 Å². The van der Waals surface area contributed by atoms with Crippen LogP contribution in [0.15, 0.2) is 97.1 Å². The minimum absolute atomic E-state index is 0.286. The van der Waals surface area contributed by atoms with E-state index in [9.17, 15) is 0 Å². The minimum Gasteiger partial charge on any atom is -0.374 e. The topological polar surface area (TPSA) is 40.2 Å². The molecule has 77 heavy (non-hydrogen) atoms. The largest absolute Gasteiger partial charge is 0.374 e. The smallest absolute Gasteiger partial charge is 0.0927 e. The molecule has 0 spiro atoms. The van der Waals surface area contributed by atoms with E-state index in [0.29, 0.717) is 6.04 Å². The monoisotopic (exact) mass is 1090 g/mol. The molecule has 5 nitrogen and oxygen atoms in total. The van der Waals surface area contributed by atoms with Crippen molar-refractivity contribution in [2.45, 2.75) is 270 Å². The number of hydrogen-bond acceptors (Lipinski definition) is 5. The van der Waals surface area contributed by atoms with Crippen LogP contribution in [0, 0.1) is 0 Å². The summed E-state index contributed by atoms with van der Waals surface area (Å²) in [6.45, 7) is 18.5. The fraction of sp³-hybridized carbons (Fsp3) is 0.657. The maximum Gasteiger partial charge on any atom is 0.0927 e. The molecule has 0 radical (unpaired) electrons. The van der Waals surface area contributed by atoms with Gasteiger partial charge in [-0.05, 0) is 108 Å². The van der Waals surface area contributed by atoms with Crippen molar-refractivity contribution in [3.63, 3.8) is 0 Å². The van der Waals surface area contributed by atoms with Gasteiger partial charge in [-0.1, -0.05) is 274 Å². The van der Waals surface area contributed by atoms with Crippen LogP contribution in [0.3, 0.4) is 0 Å². The third-order valence-electron chi connectivity index (χ3n) is 17.9. The lowest BCUT2D eigenvalue weighted by atomic mass is 9.84. The summed E-state index contributed by atoms with van der Waals surface area (Å²) >= 11 is 0. The molecule has 7 heteroatoms. The lowest BCUT2D eigenvalue weighted by Gasteiger charge is -2.46. The second-order valence-corrected chi connectivity index (χ2v) is 27.5. The molecule has 0 atom stereocenters. The zero-order chi connectivity index (χ0) is 55.6. The highest BCUT2D eigenvalue weighted by Crippen LogP contribution is 2.58. The summed E-state index contributed by atoms with van der Waals surface area (Å²) in [7, 11) is 5.74. The van der Waals surface area contributed by atoms with Gasteiger partial charge in [0.25, 0.3) is 0 Å². The zero-order valence-corrected chi connectivity index (χ0v) is 53.1. The van der Waals surface area contributed by atoms with Crippen molar-refractivity contribution in [1.82, 2.24) is 4.44 Å². The van der Waals surface area contributed by atoms with Gasteiger partial charge in [0.2, 0.25) is 0 Å². The summed E-state index contributed by atoms with van der Waals surface area (Å²) < 4.78 is 29.8. The first-order valence-electron chi connectivity index (χ1n) is 31.6. The average molecular weight is 1090 g/mol. The Bertz CT molecular complexity index is 1850. The van der Waals surface area contributed by atoms with Crippen molar-refractivity contribution in [3.8, 4) is 0 Å². The third-order valence-corrected chi connectivity index (χ3v) is 23.6. The van der Waals surface area contributed by atoms with E-state index >= 15 is 0 Å². The van der Waals surface area contributed by atoms with E-state index in [-0.39, 0.29) is 22.4 Å². The predicted octanol–water partition coefficient (Wildman–Crippen LogP) is 19.6. The molecule has 0 aliphatic heterocycles. The average Bonchev–Trinajstić information content (AvgIpc) is 3.50. The Kier molecular flexibility index (Phi) is 28.9. The lowest BCUT2D eigenvalue weighted by molar-refractivity contribution is -0.0329. The van der Waals surface area contributed by atoms with Gasteiger partial charge < -0.3 is 18.9 Å². The Morgan fingerprint density at radius 2 is 0.519 bits per heavy atom. The van der Waals surface area contributed by atoms with Crippen LogP contribution < -0.4 is 21.2 Å². The molecule has 1 fully saturated rings. The van der Waals surface area contributed by atoms with Gasteiger partial charge in [-0.25, -0.2) is 4.44 Å². The molecule has 1 aliphatic rings. The van der Waals surface area contributed by atoms with Crippen molar-refractivity contribution in [3.05, 3.63) is 119 Å². The van der Waals surface area contributed by atoms with Crippen molar-refractivity contribution < 1.29 is 18.9 Å². The molecule has 0 bridgehead atoms. The molecular weight excluding hydrogens is 981 g/mol. The summed E-state index contributed by atoms with van der Waals surface area (Å²) in [6, 6.07) is 40.4. The Hall–Kier alpha value is -2.46. The van der Waals surface area contributed by atoms with Crippen molar-refractivity contribution in [1.29, 1.82) is 0 Å². The van der Waals surface area contributed by atoms with Gasteiger partial charge in [-0.3, -0.25) is 0 Å². The first kappa shape index (κ1) is 65.4. The Morgan fingerprint density at radius 1 is 0.325 bits per heavy atom. The summed E-state index contributed by atoms with van der Waals surface area (Å²) in [5.41, 5.74) is 4.16. The molecule has 1 aliphatic carbocycles. The highest BCUT2D eigenvalue weighted by atomic mass is 31.2. The number of benzene rings is 4. The summed E-state index contributed by atoms with van der Waals surface area (Å²) in [6.07, 6.45) is 33.1. The molecule has 0 amide bonds. The number of ether oxygens (including phenoxy) is 4. The molecule has 1 saturated carbocycles. The fourth-order valence-corrected chi connectivity index (χ4v) is 19.1. The van der Waals surface area contributed by atoms with Gasteiger partial charge >= 0.3 is 0 Å². The Morgan fingerprint density at radius 3 is 0.688 bits per heavy atom. The van der Waals surface area contributed by atoms with Crippen LogP contribution in [0.25, 0.3) is 0 Å².